The van der Waals surface area contributed by atoms with Crippen LogP contribution in [0, 0.1) is 5.92 Å². The third-order valence-electron chi connectivity index (χ3n) is 2.55. The summed E-state index contributed by atoms with van der Waals surface area (Å²) < 4.78 is 0. The van der Waals surface area contributed by atoms with Crippen molar-refractivity contribution in [2.45, 2.75) is 32.9 Å². The average Bonchev–Trinajstić information content (AvgIpc) is 2.22. The van der Waals surface area contributed by atoms with Crippen LogP contribution >= 0.6 is 23.2 Å². The molecule has 17 heavy (non-hydrogen) atoms. The van der Waals surface area contributed by atoms with Crippen molar-refractivity contribution in [3.8, 4) is 0 Å². The lowest BCUT2D eigenvalue weighted by Crippen LogP contribution is -2.23. The lowest BCUT2D eigenvalue weighted by Gasteiger charge is -2.14. The molecule has 0 heterocycles. The standard InChI is InChI=1S/C13H19Cl2NO/c1-9(5-10(2)17)7-16-8-11-3-4-12(14)13(15)6-11/h3-4,6,9-10,16-17H,5,7-8H2,1-2H3. The summed E-state index contributed by atoms with van der Waals surface area (Å²) in [5, 5.41) is 13.8. The van der Waals surface area contributed by atoms with Crippen LogP contribution in [-0.4, -0.2) is 17.8 Å². The van der Waals surface area contributed by atoms with E-state index in [1.165, 1.54) is 0 Å². The Labute approximate surface area is 113 Å². The Morgan fingerprint density at radius 1 is 1.24 bits per heavy atom. The Kier molecular flexibility index (Phi) is 6.28. The number of rotatable bonds is 6. The first kappa shape index (κ1) is 14.8. The fraction of sp³-hybridized carbons (Fsp3) is 0.538. The van der Waals surface area contributed by atoms with Gasteiger partial charge >= 0.3 is 0 Å². The Morgan fingerprint density at radius 3 is 2.53 bits per heavy atom. The van der Waals surface area contributed by atoms with Gasteiger partial charge in [-0.05, 0) is 43.5 Å². The third-order valence-corrected chi connectivity index (χ3v) is 3.29. The molecule has 2 N–H and O–H groups in total. The summed E-state index contributed by atoms with van der Waals surface area (Å²) in [6.07, 6.45) is 0.575. The van der Waals surface area contributed by atoms with Crippen molar-refractivity contribution in [1.29, 1.82) is 0 Å². The highest BCUT2D eigenvalue weighted by Gasteiger charge is 2.06. The number of hydrogen-bond acceptors (Lipinski definition) is 2. The lowest BCUT2D eigenvalue weighted by molar-refractivity contribution is 0.163. The normalized spacial score (nSPS) is 14.6. The molecule has 0 aliphatic carbocycles. The zero-order valence-corrected chi connectivity index (χ0v) is 11.7. The van der Waals surface area contributed by atoms with Gasteiger partial charge in [0.2, 0.25) is 0 Å². The van der Waals surface area contributed by atoms with E-state index in [-0.39, 0.29) is 6.10 Å². The van der Waals surface area contributed by atoms with Crippen molar-refractivity contribution >= 4 is 23.2 Å². The molecule has 0 saturated heterocycles. The molecule has 1 aromatic carbocycles. The molecule has 96 valence electrons. The Hall–Kier alpha value is -0.280. The van der Waals surface area contributed by atoms with Crippen LogP contribution in [0.5, 0.6) is 0 Å². The molecule has 0 spiro atoms. The predicted molar refractivity (Wildman–Crippen MR) is 73.6 cm³/mol. The maximum atomic E-state index is 9.25. The van der Waals surface area contributed by atoms with E-state index in [1.807, 2.05) is 19.1 Å². The van der Waals surface area contributed by atoms with Crippen molar-refractivity contribution in [2.24, 2.45) is 5.92 Å². The molecule has 1 aromatic rings. The topological polar surface area (TPSA) is 32.3 Å². The molecule has 0 fully saturated rings. The van der Waals surface area contributed by atoms with Gasteiger partial charge in [-0.15, -0.1) is 0 Å². The fourth-order valence-corrected chi connectivity index (χ4v) is 2.10. The molecule has 0 aliphatic heterocycles. The van der Waals surface area contributed by atoms with Crippen molar-refractivity contribution in [3.05, 3.63) is 33.8 Å². The molecule has 1 rings (SSSR count). The lowest BCUT2D eigenvalue weighted by atomic mass is 10.0. The number of nitrogens with one attached hydrogen (secondary N) is 1. The van der Waals surface area contributed by atoms with E-state index in [0.717, 1.165) is 25.1 Å². The van der Waals surface area contributed by atoms with Crippen LogP contribution in [0.3, 0.4) is 0 Å². The van der Waals surface area contributed by atoms with Crippen molar-refractivity contribution in [3.63, 3.8) is 0 Å². The van der Waals surface area contributed by atoms with Gasteiger partial charge < -0.3 is 10.4 Å². The molecule has 0 aliphatic rings. The van der Waals surface area contributed by atoms with Crippen molar-refractivity contribution < 1.29 is 5.11 Å². The largest absolute Gasteiger partial charge is 0.393 e. The summed E-state index contributed by atoms with van der Waals surface area (Å²) in [6, 6.07) is 5.64. The molecule has 0 bridgehead atoms. The predicted octanol–water partition coefficient (Wildman–Crippen LogP) is 3.49. The Morgan fingerprint density at radius 2 is 1.94 bits per heavy atom. The molecule has 2 atom stereocenters. The van der Waals surface area contributed by atoms with Crippen LogP contribution in [0.4, 0.5) is 0 Å². The fourth-order valence-electron chi connectivity index (χ4n) is 1.78. The number of halogens is 2. The quantitative estimate of drug-likeness (QED) is 0.833. The van der Waals surface area contributed by atoms with E-state index in [9.17, 15) is 5.11 Å². The zero-order chi connectivity index (χ0) is 12.8. The first-order valence-electron chi connectivity index (χ1n) is 5.81. The molecule has 0 amide bonds. The maximum Gasteiger partial charge on any atom is 0.0595 e. The monoisotopic (exact) mass is 275 g/mol. The van der Waals surface area contributed by atoms with Gasteiger partial charge in [-0.1, -0.05) is 36.2 Å². The highest BCUT2D eigenvalue weighted by atomic mass is 35.5. The van der Waals surface area contributed by atoms with E-state index in [0.29, 0.717) is 16.0 Å². The van der Waals surface area contributed by atoms with E-state index in [1.54, 1.807) is 6.07 Å². The van der Waals surface area contributed by atoms with Gasteiger partial charge in [-0.25, -0.2) is 0 Å². The SMILES string of the molecule is CC(O)CC(C)CNCc1ccc(Cl)c(Cl)c1. The second kappa shape index (κ2) is 7.22. The minimum Gasteiger partial charge on any atom is -0.393 e. The highest BCUT2D eigenvalue weighted by molar-refractivity contribution is 6.42. The molecular weight excluding hydrogens is 257 g/mol. The van der Waals surface area contributed by atoms with Gasteiger partial charge in [0, 0.05) is 6.54 Å². The summed E-state index contributed by atoms with van der Waals surface area (Å²) in [6.45, 7) is 5.58. The third kappa shape index (κ3) is 5.73. The molecule has 2 unspecified atom stereocenters. The summed E-state index contributed by atoms with van der Waals surface area (Å²) >= 11 is 11.8. The zero-order valence-electron chi connectivity index (χ0n) is 10.2. The van der Waals surface area contributed by atoms with Gasteiger partial charge in [0.1, 0.15) is 0 Å². The van der Waals surface area contributed by atoms with Crippen LogP contribution in [0.25, 0.3) is 0 Å². The van der Waals surface area contributed by atoms with E-state index in [4.69, 9.17) is 23.2 Å². The molecule has 0 radical (unpaired) electrons. The second-order valence-electron chi connectivity index (χ2n) is 4.57. The summed E-state index contributed by atoms with van der Waals surface area (Å²) in [5.41, 5.74) is 1.11. The van der Waals surface area contributed by atoms with Gasteiger partial charge in [-0.3, -0.25) is 0 Å². The number of aliphatic hydroxyl groups is 1. The average molecular weight is 276 g/mol. The van der Waals surface area contributed by atoms with Crippen LogP contribution in [0.2, 0.25) is 10.0 Å². The van der Waals surface area contributed by atoms with E-state index >= 15 is 0 Å². The molecule has 0 aromatic heterocycles. The van der Waals surface area contributed by atoms with Gasteiger partial charge in [0.05, 0.1) is 16.1 Å². The second-order valence-corrected chi connectivity index (χ2v) is 5.38. The Bertz CT molecular complexity index is 355. The van der Waals surface area contributed by atoms with Crippen LogP contribution < -0.4 is 5.32 Å². The number of aliphatic hydroxyl groups excluding tert-OH is 1. The van der Waals surface area contributed by atoms with Gasteiger partial charge in [0.25, 0.3) is 0 Å². The summed E-state index contributed by atoms with van der Waals surface area (Å²) in [5.74, 6) is 0.456. The first-order chi connectivity index (χ1) is 7.99. The van der Waals surface area contributed by atoms with Gasteiger partial charge in [-0.2, -0.15) is 0 Å². The minimum absolute atomic E-state index is 0.239. The minimum atomic E-state index is -0.239. The van der Waals surface area contributed by atoms with E-state index in [2.05, 4.69) is 12.2 Å². The van der Waals surface area contributed by atoms with Crippen LogP contribution in [0.1, 0.15) is 25.8 Å². The highest BCUT2D eigenvalue weighted by Crippen LogP contribution is 2.22. The summed E-state index contributed by atoms with van der Waals surface area (Å²) in [7, 11) is 0. The summed E-state index contributed by atoms with van der Waals surface area (Å²) in [4.78, 5) is 0. The molecular formula is C13H19Cl2NO. The number of benzene rings is 1. The van der Waals surface area contributed by atoms with E-state index < -0.39 is 0 Å². The molecule has 0 saturated carbocycles. The number of hydrogen-bond donors (Lipinski definition) is 2. The molecule has 2 nitrogen and oxygen atoms in total. The van der Waals surface area contributed by atoms with Crippen LogP contribution in [-0.2, 0) is 6.54 Å². The Balaban J connectivity index is 2.33. The first-order valence-corrected chi connectivity index (χ1v) is 6.57. The molecule has 4 heteroatoms. The van der Waals surface area contributed by atoms with Crippen LogP contribution in [0.15, 0.2) is 18.2 Å². The van der Waals surface area contributed by atoms with Crippen molar-refractivity contribution in [1.82, 2.24) is 5.32 Å². The van der Waals surface area contributed by atoms with Gasteiger partial charge in [0.15, 0.2) is 0 Å². The van der Waals surface area contributed by atoms with Crippen molar-refractivity contribution in [2.75, 3.05) is 6.54 Å². The maximum absolute atomic E-state index is 9.25. The smallest absolute Gasteiger partial charge is 0.0595 e.